The molecular formula is C14H13NO5. The van der Waals surface area contributed by atoms with Gasteiger partial charge in [0.25, 0.3) is 5.91 Å². The summed E-state index contributed by atoms with van der Waals surface area (Å²) < 4.78 is 14.6. The number of methoxy groups -OCH3 is 2. The van der Waals surface area contributed by atoms with Gasteiger partial charge in [0, 0.05) is 0 Å². The van der Waals surface area contributed by atoms with E-state index in [0.717, 1.165) is 0 Å². The van der Waals surface area contributed by atoms with Gasteiger partial charge >= 0.3 is 5.97 Å². The minimum absolute atomic E-state index is 0.212. The molecule has 0 unspecified atom stereocenters. The molecule has 0 bridgehead atoms. The van der Waals surface area contributed by atoms with Crippen molar-refractivity contribution in [2.24, 2.45) is 0 Å². The van der Waals surface area contributed by atoms with Crippen molar-refractivity contribution in [1.82, 2.24) is 0 Å². The number of carbonyl (C=O) groups is 2. The summed E-state index contributed by atoms with van der Waals surface area (Å²) >= 11 is 0. The Kier molecular flexibility index (Phi) is 4.05. The van der Waals surface area contributed by atoms with Crippen molar-refractivity contribution in [3.63, 3.8) is 0 Å². The number of rotatable bonds is 4. The van der Waals surface area contributed by atoms with Gasteiger partial charge in [-0.15, -0.1) is 0 Å². The number of hydrogen-bond acceptors (Lipinski definition) is 5. The standard InChI is InChI=1S/C14H13NO5/c1-18-10-3-4-12(11(7-10)14(17)19-2)15-13(16)9-5-6-20-8-9/h3-8H,1-2H3,(H,15,16). The Morgan fingerprint density at radius 2 is 2.00 bits per heavy atom. The molecule has 1 heterocycles. The maximum absolute atomic E-state index is 11.9. The number of benzene rings is 1. The molecule has 0 saturated heterocycles. The van der Waals surface area contributed by atoms with Crippen LogP contribution in [0.2, 0.25) is 0 Å². The molecule has 1 aromatic heterocycles. The molecule has 0 atom stereocenters. The van der Waals surface area contributed by atoms with Gasteiger partial charge in [-0.05, 0) is 24.3 Å². The van der Waals surface area contributed by atoms with E-state index < -0.39 is 5.97 Å². The molecule has 2 aromatic rings. The molecule has 0 aliphatic heterocycles. The zero-order valence-corrected chi connectivity index (χ0v) is 11.0. The normalized spacial score (nSPS) is 9.90. The van der Waals surface area contributed by atoms with Gasteiger partial charge in [-0.3, -0.25) is 4.79 Å². The highest BCUT2D eigenvalue weighted by molar-refractivity contribution is 6.07. The first kappa shape index (κ1) is 13.7. The van der Waals surface area contributed by atoms with Gasteiger partial charge < -0.3 is 19.2 Å². The lowest BCUT2D eigenvalue weighted by Gasteiger charge is -2.10. The molecule has 1 aromatic carbocycles. The summed E-state index contributed by atoms with van der Waals surface area (Å²) in [5.41, 5.74) is 0.907. The smallest absolute Gasteiger partial charge is 0.340 e. The van der Waals surface area contributed by atoms with E-state index >= 15 is 0 Å². The molecule has 6 nitrogen and oxygen atoms in total. The first-order valence-electron chi connectivity index (χ1n) is 5.75. The monoisotopic (exact) mass is 275 g/mol. The zero-order valence-electron chi connectivity index (χ0n) is 11.0. The lowest BCUT2D eigenvalue weighted by molar-refractivity contribution is 0.0601. The fourth-order valence-corrected chi connectivity index (χ4v) is 1.63. The summed E-state index contributed by atoms with van der Waals surface area (Å²) in [5, 5.41) is 2.62. The number of carbonyl (C=O) groups excluding carboxylic acids is 2. The molecule has 0 aliphatic rings. The number of ether oxygens (including phenoxy) is 2. The zero-order chi connectivity index (χ0) is 14.5. The number of nitrogens with one attached hydrogen (secondary N) is 1. The van der Waals surface area contributed by atoms with E-state index in [1.54, 1.807) is 12.1 Å². The molecule has 0 radical (unpaired) electrons. The van der Waals surface area contributed by atoms with Crippen LogP contribution in [0.4, 0.5) is 5.69 Å². The molecule has 6 heteroatoms. The van der Waals surface area contributed by atoms with E-state index in [-0.39, 0.29) is 11.5 Å². The van der Waals surface area contributed by atoms with E-state index in [2.05, 4.69) is 10.1 Å². The van der Waals surface area contributed by atoms with Crippen LogP contribution in [0.15, 0.2) is 41.2 Å². The quantitative estimate of drug-likeness (QED) is 0.866. The molecule has 1 N–H and O–H groups in total. The second-order valence-corrected chi connectivity index (χ2v) is 3.87. The van der Waals surface area contributed by atoms with Crippen molar-refractivity contribution < 1.29 is 23.5 Å². The van der Waals surface area contributed by atoms with E-state index in [1.807, 2.05) is 0 Å². The van der Waals surface area contributed by atoms with Gasteiger partial charge in [-0.1, -0.05) is 0 Å². The SMILES string of the molecule is COC(=O)c1cc(OC)ccc1NC(=O)c1ccoc1. The van der Waals surface area contributed by atoms with Crippen LogP contribution >= 0.6 is 0 Å². The molecule has 0 fully saturated rings. The Morgan fingerprint density at radius 3 is 2.60 bits per heavy atom. The van der Waals surface area contributed by atoms with Crippen molar-refractivity contribution in [3.05, 3.63) is 47.9 Å². The number of furan rings is 1. The molecule has 0 aliphatic carbocycles. The number of anilines is 1. The minimum Gasteiger partial charge on any atom is -0.497 e. The van der Waals surface area contributed by atoms with Gasteiger partial charge in [0.1, 0.15) is 12.0 Å². The fraction of sp³-hybridized carbons (Fsp3) is 0.143. The molecule has 1 amide bonds. The summed E-state index contributed by atoms with van der Waals surface area (Å²) in [6.07, 6.45) is 2.71. The first-order chi connectivity index (χ1) is 9.65. The average molecular weight is 275 g/mol. The fourth-order valence-electron chi connectivity index (χ4n) is 1.63. The maximum Gasteiger partial charge on any atom is 0.340 e. The average Bonchev–Trinajstić information content (AvgIpc) is 3.01. The van der Waals surface area contributed by atoms with Gasteiger partial charge in [0.15, 0.2) is 0 Å². The lowest BCUT2D eigenvalue weighted by Crippen LogP contribution is -2.15. The van der Waals surface area contributed by atoms with E-state index in [4.69, 9.17) is 9.15 Å². The van der Waals surface area contributed by atoms with Crippen molar-refractivity contribution in [3.8, 4) is 5.75 Å². The highest BCUT2D eigenvalue weighted by Gasteiger charge is 2.16. The Hall–Kier alpha value is -2.76. The maximum atomic E-state index is 11.9. The lowest BCUT2D eigenvalue weighted by atomic mass is 10.1. The van der Waals surface area contributed by atoms with Crippen LogP contribution in [0, 0.1) is 0 Å². The highest BCUT2D eigenvalue weighted by Crippen LogP contribution is 2.23. The predicted molar refractivity (Wildman–Crippen MR) is 71.0 cm³/mol. The van der Waals surface area contributed by atoms with Crippen molar-refractivity contribution in [2.45, 2.75) is 0 Å². The van der Waals surface area contributed by atoms with Crippen LogP contribution in [0.3, 0.4) is 0 Å². The largest absolute Gasteiger partial charge is 0.497 e. The Balaban J connectivity index is 2.31. The third kappa shape index (κ3) is 2.80. The summed E-state index contributed by atoms with van der Waals surface area (Å²) in [7, 11) is 2.75. The molecule has 104 valence electrons. The second kappa shape index (κ2) is 5.92. The number of hydrogen-bond donors (Lipinski definition) is 1. The summed E-state index contributed by atoms with van der Waals surface area (Å²) in [4.78, 5) is 23.7. The summed E-state index contributed by atoms with van der Waals surface area (Å²) in [5.74, 6) is -0.452. The van der Waals surface area contributed by atoms with Crippen molar-refractivity contribution >= 4 is 17.6 Å². The molecule has 20 heavy (non-hydrogen) atoms. The van der Waals surface area contributed by atoms with Gasteiger partial charge in [0.05, 0.1) is 37.3 Å². The van der Waals surface area contributed by atoms with Crippen LogP contribution in [0.1, 0.15) is 20.7 Å². The third-order valence-electron chi connectivity index (χ3n) is 2.66. The molecular weight excluding hydrogens is 262 g/mol. The van der Waals surface area contributed by atoms with Gasteiger partial charge in [-0.25, -0.2) is 4.79 Å². The van der Waals surface area contributed by atoms with E-state index in [0.29, 0.717) is 17.0 Å². The number of amides is 1. The molecule has 0 saturated carbocycles. The summed E-state index contributed by atoms with van der Waals surface area (Å²) in [6.45, 7) is 0. The van der Waals surface area contributed by atoms with Crippen LogP contribution in [0.25, 0.3) is 0 Å². The second-order valence-electron chi connectivity index (χ2n) is 3.87. The topological polar surface area (TPSA) is 77.8 Å². The van der Waals surface area contributed by atoms with Gasteiger partial charge in [0.2, 0.25) is 0 Å². The van der Waals surface area contributed by atoms with Crippen LogP contribution in [0.5, 0.6) is 5.75 Å². The molecule has 0 spiro atoms. The first-order valence-corrected chi connectivity index (χ1v) is 5.75. The Labute approximate surface area is 115 Å². The Morgan fingerprint density at radius 1 is 1.20 bits per heavy atom. The van der Waals surface area contributed by atoms with Crippen molar-refractivity contribution in [1.29, 1.82) is 0 Å². The van der Waals surface area contributed by atoms with Crippen LogP contribution in [-0.4, -0.2) is 26.1 Å². The van der Waals surface area contributed by atoms with Gasteiger partial charge in [-0.2, -0.15) is 0 Å². The minimum atomic E-state index is -0.564. The third-order valence-corrected chi connectivity index (χ3v) is 2.66. The van der Waals surface area contributed by atoms with Crippen LogP contribution in [-0.2, 0) is 4.74 Å². The highest BCUT2D eigenvalue weighted by atomic mass is 16.5. The van der Waals surface area contributed by atoms with Crippen molar-refractivity contribution in [2.75, 3.05) is 19.5 Å². The molecule has 2 rings (SSSR count). The van der Waals surface area contributed by atoms with Crippen LogP contribution < -0.4 is 10.1 Å². The number of esters is 1. The predicted octanol–water partition coefficient (Wildman–Crippen LogP) is 2.33. The van der Waals surface area contributed by atoms with E-state index in [9.17, 15) is 9.59 Å². The van der Waals surface area contributed by atoms with E-state index in [1.165, 1.54) is 38.9 Å². The summed E-state index contributed by atoms with van der Waals surface area (Å²) in [6, 6.07) is 6.23. The Bertz CT molecular complexity index is 618.